The summed E-state index contributed by atoms with van der Waals surface area (Å²) in [5, 5.41) is 18.1. The maximum Gasteiger partial charge on any atom is 0.100 e. The lowest BCUT2D eigenvalue weighted by molar-refractivity contribution is 1.47. The third-order valence-electron chi connectivity index (χ3n) is 3.64. The summed E-state index contributed by atoms with van der Waals surface area (Å²) >= 11 is 0. The van der Waals surface area contributed by atoms with E-state index < -0.39 is 0 Å². The molecule has 0 bridgehead atoms. The molecule has 0 fully saturated rings. The van der Waals surface area contributed by atoms with E-state index in [2.05, 4.69) is 35.8 Å². The Morgan fingerprint density at radius 2 is 0.962 bits per heavy atom. The number of nitriles is 2. The standard InChI is InChI=1S/C24H12N2/c25-17-20-7-5-6-19(16-20)12-13-21-8-1-2-9-22(21)14-15-23-10-3-4-11-24(23)18-26/h1-11,16H. The fraction of sp³-hybridized carbons (Fsp3) is 0. The van der Waals surface area contributed by atoms with Crippen molar-refractivity contribution < 1.29 is 0 Å². The minimum absolute atomic E-state index is 0.553. The monoisotopic (exact) mass is 328 g/mol. The Morgan fingerprint density at radius 3 is 1.54 bits per heavy atom. The van der Waals surface area contributed by atoms with Gasteiger partial charge in [-0.25, -0.2) is 0 Å². The van der Waals surface area contributed by atoms with Crippen LogP contribution in [0.1, 0.15) is 33.4 Å². The maximum absolute atomic E-state index is 9.16. The molecule has 3 rings (SSSR count). The number of nitrogens with zero attached hydrogens (tertiary/aromatic N) is 2. The molecule has 26 heavy (non-hydrogen) atoms. The van der Waals surface area contributed by atoms with Crippen LogP contribution in [0.2, 0.25) is 0 Å². The van der Waals surface area contributed by atoms with E-state index >= 15 is 0 Å². The first-order valence-corrected chi connectivity index (χ1v) is 7.92. The summed E-state index contributed by atoms with van der Waals surface area (Å²) in [6.45, 7) is 0. The van der Waals surface area contributed by atoms with Gasteiger partial charge in [-0.2, -0.15) is 10.5 Å². The van der Waals surface area contributed by atoms with Gasteiger partial charge in [0.05, 0.1) is 17.2 Å². The average Bonchev–Trinajstić information content (AvgIpc) is 2.71. The molecular weight excluding hydrogens is 316 g/mol. The summed E-state index contributed by atoms with van der Waals surface area (Å²) < 4.78 is 0. The van der Waals surface area contributed by atoms with E-state index in [4.69, 9.17) is 10.5 Å². The maximum atomic E-state index is 9.16. The quantitative estimate of drug-likeness (QED) is 0.580. The Labute approximate surface area is 153 Å². The Balaban J connectivity index is 1.96. The van der Waals surface area contributed by atoms with Gasteiger partial charge in [0, 0.05) is 22.3 Å². The molecule has 0 spiro atoms. The molecule has 0 aliphatic heterocycles. The van der Waals surface area contributed by atoms with Gasteiger partial charge in [-0.05, 0) is 42.5 Å². The van der Waals surface area contributed by atoms with Gasteiger partial charge in [-0.3, -0.25) is 0 Å². The molecule has 0 saturated carbocycles. The topological polar surface area (TPSA) is 47.6 Å². The van der Waals surface area contributed by atoms with E-state index in [0.29, 0.717) is 16.7 Å². The molecule has 0 atom stereocenters. The Morgan fingerprint density at radius 1 is 0.462 bits per heavy atom. The summed E-state index contributed by atoms with van der Waals surface area (Å²) in [5.74, 6) is 12.4. The second-order valence-electron chi connectivity index (χ2n) is 5.40. The Hall–Kier alpha value is -4.24. The van der Waals surface area contributed by atoms with Crippen molar-refractivity contribution in [1.29, 1.82) is 10.5 Å². The van der Waals surface area contributed by atoms with Crippen LogP contribution in [0, 0.1) is 46.3 Å². The predicted molar refractivity (Wildman–Crippen MR) is 101 cm³/mol. The second-order valence-corrected chi connectivity index (χ2v) is 5.40. The van der Waals surface area contributed by atoms with Gasteiger partial charge in [0.25, 0.3) is 0 Å². The lowest BCUT2D eigenvalue weighted by Crippen LogP contribution is -1.85. The van der Waals surface area contributed by atoms with E-state index in [-0.39, 0.29) is 0 Å². The zero-order valence-corrected chi connectivity index (χ0v) is 13.8. The van der Waals surface area contributed by atoms with Crippen molar-refractivity contribution in [2.24, 2.45) is 0 Å². The van der Waals surface area contributed by atoms with Gasteiger partial charge in [0.15, 0.2) is 0 Å². The van der Waals surface area contributed by atoms with Crippen molar-refractivity contribution in [3.63, 3.8) is 0 Å². The molecule has 0 aliphatic carbocycles. The summed E-state index contributed by atoms with van der Waals surface area (Å²) in [7, 11) is 0. The summed E-state index contributed by atoms with van der Waals surface area (Å²) in [4.78, 5) is 0. The van der Waals surface area contributed by atoms with Crippen LogP contribution in [0.15, 0.2) is 72.8 Å². The van der Waals surface area contributed by atoms with E-state index in [1.165, 1.54) is 0 Å². The highest BCUT2D eigenvalue weighted by molar-refractivity contribution is 5.56. The first kappa shape index (κ1) is 16.6. The lowest BCUT2D eigenvalue weighted by atomic mass is 10.1. The molecule has 0 amide bonds. The van der Waals surface area contributed by atoms with E-state index in [1.54, 1.807) is 18.2 Å². The molecule has 3 aromatic carbocycles. The molecule has 3 aromatic rings. The summed E-state index contributed by atoms with van der Waals surface area (Å²) in [6, 6.07) is 26.3. The molecule has 0 heterocycles. The van der Waals surface area contributed by atoms with E-state index in [0.717, 1.165) is 16.7 Å². The number of benzene rings is 3. The van der Waals surface area contributed by atoms with Gasteiger partial charge < -0.3 is 0 Å². The van der Waals surface area contributed by atoms with Crippen LogP contribution in [0.4, 0.5) is 0 Å². The highest BCUT2D eigenvalue weighted by atomic mass is 14.2. The third kappa shape index (κ3) is 3.99. The first-order valence-electron chi connectivity index (χ1n) is 7.92. The van der Waals surface area contributed by atoms with Crippen molar-refractivity contribution in [2.45, 2.75) is 0 Å². The molecule has 2 heteroatoms. The highest BCUT2D eigenvalue weighted by Crippen LogP contribution is 2.09. The highest BCUT2D eigenvalue weighted by Gasteiger charge is 1.98. The van der Waals surface area contributed by atoms with Gasteiger partial charge >= 0.3 is 0 Å². The molecule has 0 N–H and O–H groups in total. The molecule has 0 unspecified atom stereocenters. The van der Waals surface area contributed by atoms with Crippen LogP contribution >= 0.6 is 0 Å². The van der Waals surface area contributed by atoms with E-state index in [9.17, 15) is 0 Å². The van der Waals surface area contributed by atoms with Crippen LogP contribution in [0.3, 0.4) is 0 Å². The molecule has 0 aliphatic rings. The van der Waals surface area contributed by atoms with Gasteiger partial charge in [-0.1, -0.05) is 54.0 Å². The van der Waals surface area contributed by atoms with Crippen LogP contribution in [-0.4, -0.2) is 0 Å². The predicted octanol–water partition coefficient (Wildman–Crippen LogP) is 4.23. The van der Waals surface area contributed by atoms with Crippen molar-refractivity contribution in [1.82, 2.24) is 0 Å². The fourth-order valence-corrected chi connectivity index (χ4v) is 2.33. The van der Waals surface area contributed by atoms with Crippen LogP contribution in [0.5, 0.6) is 0 Å². The third-order valence-corrected chi connectivity index (χ3v) is 3.64. The van der Waals surface area contributed by atoms with Crippen LogP contribution in [0.25, 0.3) is 0 Å². The van der Waals surface area contributed by atoms with Crippen molar-refractivity contribution in [2.75, 3.05) is 0 Å². The molecule has 0 radical (unpaired) electrons. The van der Waals surface area contributed by atoms with Crippen molar-refractivity contribution in [3.8, 4) is 35.8 Å². The minimum Gasteiger partial charge on any atom is -0.192 e. The zero-order valence-electron chi connectivity index (χ0n) is 13.8. The largest absolute Gasteiger partial charge is 0.192 e. The molecule has 2 nitrogen and oxygen atoms in total. The molecule has 0 aromatic heterocycles. The Bertz CT molecular complexity index is 1170. The number of hydrogen-bond donors (Lipinski definition) is 0. The van der Waals surface area contributed by atoms with Gasteiger partial charge in [0.1, 0.15) is 6.07 Å². The molecular formula is C24H12N2. The summed E-state index contributed by atoms with van der Waals surface area (Å²) in [5.41, 5.74) is 4.21. The van der Waals surface area contributed by atoms with E-state index in [1.807, 2.05) is 54.6 Å². The zero-order chi connectivity index (χ0) is 18.2. The smallest absolute Gasteiger partial charge is 0.100 e. The molecule has 118 valence electrons. The lowest BCUT2D eigenvalue weighted by Gasteiger charge is -1.97. The number of rotatable bonds is 0. The summed E-state index contributed by atoms with van der Waals surface area (Å²) in [6.07, 6.45) is 0. The Kier molecular flexibility index (Phi) is 5.13. The second kappa shape index (κ2) is 8.04. The van der Waals surface area contributed by atoms with Crippen molar-refractivity contribution >= 4 is 0 Å². The molecule has 0 saturated heterocycles. The van der Waals surface area contributed by atoms with Crippen LogP contribution in [-0.2, 0) is 0 Å². The average molecular weight is 328 g/mol. The normalized spacial score (nSPS) is 8.85. The van der Waals surface area contributed by atoms with Crippen LogP contribution < -0.4 is 0 Å². The minimum atomic E-state index is 0.553. The van der Waals surface area contributed by atoms with Crippen molar-refractivity contribution in [3.05, 3.63) is 106 Å². The fourth-order valence-electron chi connectivity index (χ4n) is 2.33. The van der Waals surface area contributed by atoms with Gasteiger partial charge in [-0.15, -0.1) is 0 Å². The van der Waals surface area contributed by atoms with Gasteiger partial charge in [0.2, 0.25) is 0 Å². The SMILES string of the molecule is N#Cc1cccc(C#Cc2ccccc2C#Cc2ccccc2C#N)c1. The number of hydrogen-bond acceptors (Lipinski definition) is 2. The first-order chi connectivity index (χ1) is 12.8.